The predicted octanol–water partition coefficient (Wildman–Crippen LogP) is 3.19. The molecule has 0 fully saturated rings. The van der Waals surface area contributed by atoms with Gasteiger partial charge in [0.25, 0.3) is 16.0 Å². The number of aliphatic carboxylic acids is 1. The number of amidine groups is 2. The maximum atomic E-state index is 12.7. The maximum Gasteiger partial charge on any atom is 0.324 e. The van der Waals surface area contributed by atoms with Crippen LogP contribution in [0.1, 0.15) is 42.6 Å². The summed E-state index contributed by atoms with van der Waals surface area (Å²) in [6, 6.07) is 12.5. The van der Waals surface area contributed by atoms with Crippen molar-refractivity contribution in [2.75, 3.05) is 18.5 Å². The summed E-state index contributed by atoms with van der Waals surface area (Å²) in [4.78, 5) is 30.1. The lowest BCUT2D eigenvalue weighted by Crippen LogP contribution is -2.39. The second-order valence-corrected chi connectivity index (χ2v) is 10.1. The third-order valence-electron chi connectivity index (χ3n) is 5.91. The van der Waals surface area contributed by atoms with E-state index in [0.717, 1.165) is 41.6 Å². The van der Waals surface area contributed by atoms with Gasteiger partial charge in [0.1, 0.15) is 23.9 Å². The van der Waals surface area contributed by atoms with Crippen molar-refractivity contribution in [3.05, 3.63) is 70.9 Å². The molecule has 11 nitrogen and oxygen atoms in total. The van der Waals surface area contributed by atoms with Crippen LogP contribution >= 0.6 is 0 Å². The van der Waals surface area contributed by atoms with Gasteiger partial charge in [-0.2, -0.15) is 13.5 Å². The van der Waals surface area contributed by atoms with Crippen LogP contribution in [0.4, 0.5) is 5.69 Å². The molecule has 0 saturated carbocycles. The highest BCUT2D eigenvalue weighted by Gasteiger charge is 2.33. The molecule has 3 N–H and O–H groups in total. The number of carboxylic acid groups (broad SMARTS) is 1. The van der Waals surface area contributed by atoms with Gasteiger partial charge >= 0.3 is 5.97 Å². The Morgan fingerprint density at radius 2 is 1.81 bits per heavy atom. The molecule has 2 aromatic carbocycles. The van der Waals surface area contributed by atoms with Gasteiger partial charge in [-0.3, -0.25) is 24.1 Å². The van der Waals surface area contributed by atoms with Crippen LogP contribution in [0.2, 0.25) is 0 Å². The van der Waals surface area contributed by atoms with E-state index >= 15 is 0 Å². The monoisotopic (exact) mass is 525 g/mol. The van der Waals surface area contributed by atoms with Crippen LogP contribution in [0.25, 0.3) is 0 Å². The smallest absolute Gasteiger partial charge is 0.324 e. The van der Waals surface area contributed by atoms with E-state index in [2.05, 4.69) is 17.3 Å². The number of anilines is 1. The van der Waals surface area contributed by atoms with Crippen LogP contribution in [-0.4, -0.2) is 64.7 Å². The maximum absolute atomic E-state index is 12.7. The Hall–Kier alpha value is -4.03. The van der Waals surface area contributed by atoms with E-state index in [1.165, 1.54) is 23.2 Å². The number of nitrogens with zero attached hydrogens (tertiary/aromatic N) is 4. The number of carbonyl (C=O) groups is 2. The summed E-state index contributed by atoms with van der Waals surface area (Å²) < 4.78 is 32.6. The lowest BCUT2D eigenvalue weighted by molar-refractivity contribution is -0.138. The molecule has 1 amide bonds. The lowest BCUT2D eigenvalue weighted by Gasteiger charge is -2.27. The summed E-state index contributed by atoms with van der Waals surface area (Å²) in [5.41, 5.74) is 3.04. The molecule has 0 spiro atoms. The van der Waals surface area contributed by atoms with Crippen LogP contribution in [-0.2, 0) is 21.3 Å². The van der Waals surface area contributed by atoms with Crippen molar-refractivity contribution in [3.8, 4) is 0 Å². The van der Waals surface area contributed by atoms with E-state index in [4.69, 9.17) is 4.99 Å². The predicted molar refractivity (Wildman–Crippen MR) is 138 cm³/mol. The molecule has 194 valence electrons. The molecule has 0 aromatic heterocycles. The zero-order chi connectivity index (χ0) is 26.7. The van der Waals surface area contributed by atoms with Crippen LogP contribution < -0.4 is 5.32 Å². The number of allylic oxidation sites excluding steroid dienone is 1. The van der Waals surface area contributed by atoms with Crippen molar-refractivity contribution in [2.45, 2.75) is 38.0 Å². The van der Waals surface area contributed by atoms with E-state index in [1.807, 2.05) is 24.0 Å². The van der Waals surface area contributed by atoms with Crippen molar-refractivity contribution in [1.82, 2.24) is 9.91 Å². The summed E-state index contributed by atoms with van der Waals surface area (Å²) in [5.74, 6) is -0.172. The first kappa shape index (κ1) is 26.0. The van der Waals surface area contributed by atoms with Crippen LogP contribution in [0, 0.1) is 0 Å². The molecule has 2 heterocycles. The minimum Gasteiger partial charge on any atom is -0.480 e. The Morgan fingerprint density at radius 1 is 1.11 bits per heavy atom. The van der Waals surface area contributed by atoms with Gasteiger partial charge in [0.2, 0.25) is 0 Å². The van der Waals surface area contributed by atoms with E-state index in [-0.39, 0.29) is 12.1 Å². The van der Waals surface area contributed by atoms with Gasteiger partial charge in [-0.1, -0.05) is 37.6 Å². The number of amides is 1. The molecule has 2 aliphatic rings. The van der Waals surface area contributed by atoms with Crippen LogP contribution in [0.15, 0.2) is 74.8 Å². The molecule has 0 atom stereocenters. The largest absolute Gasteiger partial charge is 0.480 e. The van der Waals surface area contributed by atoms with Gasteiger partial charge < -0.3 is 10.4 Å². The summed E-state index contributed by atoms with van der Waals surface area (Å²) in [6.45, 7) is 4.05. The van der Waals surface area contributed by atoms with E-state index in [0.29, 0.717) is 24.6 Å². The Labute approximate surface area is 214 Å². The van der Waals surface area contributed by atoms with Gasteiger partial charge in [0.05, 0.1) is 5.56 Å². The van der Waals surface area contributed by atoms with Crippen molar-refractivity contribution in [3.63, 3.8) is 0 Å². The van der Waals surface area contributed by atoms with E-state index in [1.54, 1.807) is 12.1 Å². The molecule has 0 aliphatic carbocycles. The van der Waals surface area contributed by atoms with Gasteiger partial charge in [-0.15, -0.1) is 0 Å². The normalized spacial score (nSPS) is 15.3. The average Bonchev–Trinajstić information content (AvgIpc) is 3.26. The second kappa shape index (κ2) is 10.5. The lowest BCUT2D eigenvalue weighted by atomic mass is 9.98. The third kappa shape index (κ3) is 5.87. The van der Waals surface area contributed by atoms with Crippen molar-refractivity contribution < 1.29 is 27.7 Å². The quantitative estimate of drug-likeness (QED) is 0.422. The molecule has 2 aliphatic heterocycles. The Balaban J connectivity index is 1.56. The van der Waals surface area contributed by atoms with Gasteiger partial charge in [-0.25, -0.2) is 4.99 Å². The zero-order valence-electron chi connectivity index (χ0n) is 20.4. The number of rotatable bonds is 9. The number of fused-ring (bicyclic) bond motifs is 1. The summed E-state index contributed by atoms with van der Waals surface area (Å²) in [6.07, 6.45) is 2.14. The second-order valence-electron chi connectivity index (χ2n) is 8.68. The fraction of sp³-hybridized carbons (Fsp3) is 0.280. The van der Waals surface area contributed by atoms with E-state index < -0.39 is 26.9 Å². The van der Waals surface area contributed by atoms with Crippen LogP contribution in [0.5, 0.6) is 0 Å². The molecular formula is C25H27N5O6S. The molecule has 4 rings (SSSR count). The van der Waals surface area contributed by atoms with Gasteiger partial charge in [0, 0.05) is 23.4 Å². The molecular weight excluding hydrogens is 498 g/mol. The number of nitrogens with one attached hydrogen (secondary N) is 1. The highest BCUT2D eigenvalue weighted by molar-refractivity contribution is 7.86. The number of benzene rings is 2. The molecule has 0 unspecified atom stereocenters. The zero-order valence-corrected chi connectivity index (χ0v) is 21.2. The number of carboxylic acids is 1. The van der Waals surface area contributed by atoms with Gasteiger partial charge in [-0.05, 0) is 43.2 Å². The van der Waals surface area contributed by atoms with Crippen molar-refractivity contribution in [2.24, 2.45) is 10.1 Å². The average molecular weight is 526 g/mol. The first-order chi connectivity index (χ1) is 17.6. The topological polar surface area (TPSA) is 152 Å². The number of hydrogen-bond donors (Lipinski definition) is 3. The van der Waals surface area contributed by atoms with E-state index in [9.17, 15) is 27.7 Å². The minimum absolute atomic E-state index is 0.163. The number of hydrazone groups is 1. The fourth-order valence-corrected chi connectivity index (χ4v) is 4.92. The molecule has 0 saturated heterocycles. The summed E-state index contributed by atoms with van der Waals surface area (Å²) in [7, 11) is -4.55. The first-order valence-electron chi connectivity index (χ1n) is 11.6. The Morgan fingerprint density at radius 3 is 2.46 bits per heavy atom. The summed E-state index contributed by atoms with van der Waals surface area (Å²) >= 11 is 0. The highest BCUT2D eigenvalue weighted by Crippen LogP contribution is 2.29. The molecule has 0 bridgehead atoms. The molecule has 12 heteroatoms. The fourth-order valence-electron chi connectivity index (χ4n) is 4.23. The number of hydrogen-bond acceptors (Lipinski definition) is 8. The Bertz CT molecular complexity index is 1430. The standard InChI is InChI=1S/C25H27N5O6S/c1-3-6-21-20(24-28-29(14-23(31)32)15-30(24)16(2)26-21)13-17-9-11-18(12-10-17)27-25(33)19-7-4-5-8-22(19)37(34,35)36/h4-5,7-12H,3,6,13-15H2,1-2H3,(H,27,33)(H,31,32)(H,34,35,36). The van der Waals surface area contributed by atoms with Crippen molar-refractivity contribution >= 4 is 39.4 Å². The van der Waals surface area contributed by atoms with Crippen LogP contribution in [0.3, 0.4) is 0 Å². The highest BCUT2D eigenvalue weighted by atomic mass is 32.2. The number of aliphatic imine (C=N–C) groups is 1. The summed E-state index contributed by atoms with van der Waals surface area (Å²) in [5, 5.41) is 17.9. The first-order valence-corrected chi connectivity index (χ1v) is 13.1. The van der Waals surface area contributed by atoms with Crippen molar-refractivity contribution in [1.29, 1.82) is 0 Å². The minimum atomic E-state index is -4.55. The number of carbonyl (C=O) groups excluding carboxylic acids is 1. The molecule has 0 radical (unpaired) electrons. The third-order valence-corrected chi connectivity index (χ3v) is 6.82. The van der Waals surface area contributed by atoms with Gasteiger partial charge in [0.15, 0.2) is 5.84 Å². The molecule has 2 aromatic rings. The SMILES string of the molecule is CCCC1=C(Cc2ccc(NC(=O)c3ccccc3S(=O)(=O)O)cc2)C2=NN(CC(=O)O)CN2C(C)=N1. The Kier molecular flexibility index (Phi) is 7.41. The molecule has 37 heavy (non-hydrogen) atoms.